The van der Waals surface area contributed by atoms with Crippen molar-refractivity contribution >= 4 is 5.91 Å². The van der Waals surface area contributed by atoms with Crippen molar-refractivity contribution < 1.29 is 18.8 Å². The van der Waals surface area contributed by atoms with Crippen LogP contribution in [0.1, 0.15) is 17.9 Å². The maximum Gasteiger partial charge on any atom is 0.227 e. The number of benzene rings is 2. The van der Waals surface area contributed by atoms with Gasteiger partial charge in [0.15, 0.2) is 0 Å². The van der Waals surface area contributed by atoms with Gasteiger partial charge >= 0.3 is 0 Å². The van der Waals surface area contributed by atoms with Crippen LogP contribution < -0.4 is 9.47 Å². The van der Waals surface area contributed by atoms with E-state index in [-0.39, 0.29) is 5.91 Å². The molecule has 29 heavy (non-hydrogen) atoms. The number of hydrogen-bond donors (Lipinski definition) is 0. The smallest absolute Gasteiger partial charge is 0.227 e. The molecule has 0 saturated heterocycles. The van der Waals surface area contributed by atoms with Gasteiger partial charge in [-0.05, 0) is 43.3 Å². The summed E-state index contributed by atoms with van der Waals surface area (Å²) in [4.78, 5) is 18.3. The first-order valence-electron chi connectivity index (χ1n) is 9.45. The minimum atomic E-state index is 0.00158. The Balaban J connectivity index is 1.43. The normalized spacial score (nSPS) is 10.6. The number of carbonyl (C=O) groups is 1. The van der Waals surface area contributed by atoms with Crippen LogP contribution in [0.2, 0.25) is 0 Å². The maximum absolute atomic E-state index is 12.3. The number of rotatable bonds is 9. The zero-order valence-electron chi connectivity index (χ0n) is 16.9. The van der Waals surface area contributed by atoms with Crippen LogP contribution in [0, 0.1) is 6.92 Å². The van der Waals surface area contributed by atoms with Crippen molar-refractivity contribution in [3.05, 3.63) is 60.0 Å². The molecule has 0 bridgehead atoms. The van der Waals surface area contributed by atoms with E-state index in [1.54, 1.807) is 19.1 Å². The molecule has 152 valence electrons. The second kappa shape index (κ2) is 9.73. The molecule has 0 aliphatic heterocycles. The first kappa shape index (κ1) is 20.4. The highest BCUT2D eigenvalue weighted by Crippen LogP contribution is 2.20. The molecular formula is C22H25N3O4. The van der Waals surface area contributed by atoms with E-state index in [0.29, 0.717) is 37.7 Å². The molecule has 0 atom stereocenters. The van der Waals surface area contributed by atoms with E-state index in [9.17, 15) is 4.79 Å². The Bertz CT molecular complexity index is 920. The zero-order valence-corrected chi connectivity index (χ0v) is 16.9. The van der Waals surface area contributed by atoms with Crippen molar-refractivity contribution in [2.24, 2.45) is 0 Å². The summed E-state index contributed by atoms with van der Waals surface area (Å²) in [5.41, 5.74) is 2.01. The van der Waals surface area contributed by atoms with Crippen molar-refractivity contribution in [3.63, 3.8) is 0 Å². The summed E-state index contributed by atoms with van der Waals surface area (Å²) < 4.78 is 16.1. The topological polar surface area (TPSA) is 77.7 Å². The van der Waals surface area contributed by atoms with Gasteiger partial charge in [0, 0.05) is 25.5 Å². The van der Waals surface area contributed by atoms with E-state index >= 15 is 0 Å². The largest absolute Gasteiger partial charge is 0.497 e. The quantitative estimate of drug-likeness (QED) is 0.552. The van der Waals surface area contributed by atoms with E-state index in [0.717, 1.165) is 17.1 Å². The number of likely N-dealkylation sites (N-methyl/N-ethyl adjacent to an activating group) is 1. The number of nitrogens with zero attached hydrogens (tertiary/aromatic N) is 3. The lowest BCUT2D eigenvalue weighted by molar-refractivity contribution is -0.130. The van der Waals surface area contributed by atoms with Crippen molar-refractivity contribution in [2.45, 2.75) is 19.8 Å². The minimum absolute atomic E-state index is 0.00158. The van der Waals surface area contributed by atoms with E-state index in [2.05, 4.69) is 10.1 Å². The van der Waals surface area contributed by atoms with Gasteiger partial charge in [0.2, 0.25) is 17.6 Å². The molecular weight excluding hydrogens is 370 g/mol. The van der Waals surface area contributed by atoms with Crippen LogP contribution in [0.4, 0.5) is 0 Å². The number of carbonyl (C=O) groups excluding carboxylic acids is 1. The molecule has 1 aromatic heterocycles. The highest BCUT2D eigenvalue weighted by Gasteiger charge is 2.13. The van der Waals surface area contributed by atoms with Crippen molar-refractivity contribution in [1.29, 1.82) is 0 Å². The molecule has 0 spiro atoms. The second-order valence-corrected chi connectivity index (χ2v) is 6.72. The Hall–Kier alpha value is -3.35. The first-order valence-corrected chi connectivity index (χ1v) is 9.45. The Labute approximate surface area is 170 Å². The van der Waals surface area contributed by atoms with Gasteiger partial charge in [0.05, 0.1) is 13.7 Å². The monoisotopic (exact) mass is 395 g/mol. The fourth-order valence-electron chi connectivity index (χ4n) is 2.68. The SMILES string of the molecule is COc1ccc(-c2noc(CCC(=O)N(C)CCOc3ccc(C)cc3)n2)cc1. The second-order valence-electron chi connectivity index (χ2n) is 6.72. The fourth-order valence-corrected chi connectivity index (χ4v) is 2.68. The number of aryl methyl sites for hydroxylation is 2. The zero-order chi connectivity index (χ0) is 20.6. The summed E-state index contributed by atoms with van der Waals surface area (Å²) in [6.45, 7) is 2.97. The van der Waals surface area contributed by atoms with Crippen molar-refractivity contribution in [1.82, 2.24) is 15.0 Å². The van der Waals surface area contributed by atoms with Crippen molar-refractivity contribution in [2.75, 3.05) is 27.3 Å². The number of methoxy groups -OCH3 is 1. The summed E-state index contributed by atoms with van der Waals surface area (Å²) in [5.74, 6) is 2.50. The lowest BCUT2D eigenvalue weighted by Gasteiger charge is -2.17. The molecule has 3 aromatic rings. The van der Waals surface area contributed by atoms with Crippen LogP contribution >= 0.6 is 0 Å². The summed E-state index contributed by atoms with van der Waals surface area (Å²) in [6.07, 6.45) is 0.691. The molecule has 0 radical (unpaired) electrons. The number of amides is 1. The third kappa shape index (κ3) is 5.81. The molecule has 1 amide bonds. The molecule has 7 nitrogen and oxygen atoms in total. The molecule has 2 aromatic carbocycles. The standard InChI is InChI=1S/C22H25N3O4/c1-16-4-8-19(9-5-16)28-15-14-25(2)21(26)13-12-20-23-22(24-29-20)17-6-10-18(27-3)11-7-17/h4-11H,12-15H2,1-3H3. The highest BCUT2D eigenvalue weighted by molar-refractivity contribution is 5.76. The maximum atomic E-state index is 12.3. The third-order valence-electron chi connectivity index (χ3n) is 4.51. The molecule has 3 rings (SSSR count). The minimum Gasteiger partial charge on any atom is -0.497 e. The number of ether oxygens (including phenoxy) is 2. The highest BCUT2D eigenvalue weighted by atomic mass is 16.5. The van der Waals surface area contributed by atoms with Gasteiger partial charge in [-0.2, -0.15) is 4.98 Å². The lowest BCUT2D eigenvalue weighted by Crippen LogP contribution is -2.31. The first-order chi connectivity index (χ1) is 14.0. The Kier molecular flexibility index (Phi) is 6.84. The van der Waals surface area contributed by atoms with Crippen LogP contribution in [0.5, 0.6) is 11.5 Å². The molecule has 0 N–H and O–H groups in total. The van der Waals surface area contributed by atoms with Gasteiger partial charge < -0.3 is 18.9 Å². The van der Waals surface area contributed by atoms with Crippen LogP contribution in [0.3, 0.4) is 0 Å². The molecule has 0 aliphatic rings. The van der Waals surface area contributed by atoms with Gasteiger partial charge in [-0.25, -0.2) is 0 Å². The fraction of sp³-hybridized carbons (Fsp3) is 0.318. The Morgan fingerprint density at radius 1 is 1.07 bits per heavy atom. The Morgan fingerprint density at radius 2 is 1.76 bits per heavy atom. The lowest BCUT2D eigenvalue weighted by atomic mass is 10.2. The van der Waals surface area contributed by atoms with Crippen molar-refractivity contribution in [3.8, 4) is 22.9 Å². The average molecular weight is 395 g/mol. The summed E-state index contributed by atoms with van der Waals surface area (Å²) >= 11 is 0. The van der Waals surface area contributed by atoms with Crippen LogP contribution in [0.25, 0.3) is 11.4 Å². The average Bonchev–Trinajstić information content (AvgIpc) is 3.22. The van der Waals surface area contributed by atoms with E-state index in [4.69, 9.17) is 14.0 Å². The molecule has 0 fully saturated rings. The molecule has 7 heteroatoms. The summed E-state index contributed by atoms with van der Waals surface area (Å²) in [5, 5.41) is 3.98. The van der Waals surface area contributed by atoms with Gasteiger partial charge in [0.25, 0.3) is 0 Å². The van der Waals surface area contributed by atoms with Gasteiger partial charge in [-0.15, -0.1) is 0 Å². The molecule has 0 aliphatic carbocycles. The van der Waals surface area contributed by atoms with E-state index in [1.807, 2.05) is 55.5 Å². The summed E-state index contributed by atoms with van der Waals surface area (Å²) in [6, 6.07) is 15.2. The van der Waals surface area contributed by atoms with E-state index < -0.39 is 0 Å². The van der Waals surface area contributed by atoms with Crippen LogP contribution in [-0.2, 0) is 11.2 Å². The van der Waals surface area contributed by atoms with Gasteiger partial charge in [-0.1, -0.05) is 22.9 Å². The predicted molar refractivity (Wildman–Crippen MR) is 109 cm³/mol. The summed E-state index contributed by atoms with van der Waals surface area (Å²) in [7, 11) is 3.38. The molecule has 0 unspecified atom stereocenters. The van der Waals surface area contributed by atoms with Crippen LogP contribution in [0.15, 0.2) is 53.1 Å². The third-order valence-corrected chi connectivity index (χ3v) is 4.51. The number of hydrogen-bond acceptors (Lipinski definition) is 6. The molecule has 1 heterocycles. The predicted octanol–water partition coefficient (Wildman–Crippen LogP) is 3.52. The molecule has 0 saturated carbocycles. The Morgan fingerprint density at radius 3 is 2.45 bits per heavy atom. The van der Waals surface area contributed by atoms with E-state index in [1.165, 1.54) is 5.56 Å². The van der Waals surface area contributed by atoms with Gasteiger partial charge in [-0.3, -0.25) is 4.79 Å². The van der Waals surface area contributed by atoms with Crippen LogP contribution in [-0.4, -0.2) is 48.3 Å². The van der Waals surface area contributed by atoms with Gasteiger partial charge in [0.1, 0.15) is 18.1 Å². The number of aromatic nitrogens is 2.